The first-order valence-electron chi connectivity index (χ1n) is 8.24. The van der Waals surface area contributed by atoms with Crippen LogP contribution >= 0.6 is 0 Å². The second-order valence-electron chi connectivity index (χ2n) is 6.30. The van der Waals surface area contributed by atoms with E-state index >= 15 is 0 Å². The lowest BCUT2D eigenvalue weighted by Gasteiger charge is -2.42. The first kappa shape index (κ1) is 15.8. The van der Waals surface area contributed by atoms with E-state index in [1.165, 1.54) is 16.1 Å². The van der Waals surface area contributed by atoms with E-state index in [0.29, 0.717) is 39.1 Å². The van der Waals surface area contributed by atoms with Gasteiger partial charge in [-0.3, -0.25) is 9.78 Å². The van der Waals surface area contributed by atoms with Crippen LogP contribution in [0.3, 0.4) is 0 Å². The lowest BCUT2D eigenvalue weighted by molar-refractivity contribution is -0.0920. The average Bonchev–Trinajstić information content (AvgIpc) is 3.25. The second kappa shape index (κ2) is 5.68. The van der Waals surface area contributed by atoms with Crippen LogP contribution in [-0.2, 0) is 33.3 Å². The molecule has 9 heteroatoms. The van der Waals surface area contributed by atoms with Crippen molar-refractivity contribution in [3.05, 3.63) is 29.8 Å². The van der Waals surface area contributed by atoms with Crippen molar-refractivity contribution in [2.45, 2.75) is 43.2 Å². The zero-order chi connectivity index (χ0) is 16.8. The van der Waals surface area contributed by atoms with Crippen LogP contribution < -0.4 is 0 Å². The molecular weight excluding hydrogens is 330 g/mol. The summed E-state index contributed by atoms with van der Waals surface area (Å²) in [5, 5.41) is 11.3. The van der Waals surface area contributed by atoms with Gasteiger partial charge in [-0.25, -0.2) is 8.42 Å². The van der Waals surface area contributed by atoms with E-state index in [-0.39, 0.29) is 4.90 Å². The number of piperidine rings is 1. The third-order valence-electron chi connectivity index (χ3n) is 5.02. The fraction of sp³-hybridized carbons (Fsp3) is 0.600. The number of ether oxygens (including phenoxy) is 1. The maximum atomic E-state index is 12.8. The fourth-order valence-corrected chi connectivity index (χ4v) is 5.00. The molecule has 0 unspecified atom stereocenters. The summed E-state index contributed by atoms with van der Waals surface area (Å²) in [7, 11) is -3.50. The van der Waals surface area contributed by atoms with Gasteiger partial charge < -0.3 is 4.74 Å². The number of aromatic nitrogens is 4. The molecule has 0 bridgehead atoms. The molecule has 1 saturated heterocycles. The Morgan fingerprint density at radius 1 is 1.33 bits per heavy atom. The van der Waals surface area contributed by atoms with Gasteiger partial charge in [-0.15, -0.1) is 0 Å². The number of nitrogens with zero attached hydrogens (tertiary/aromatic N) is 4. The van der Waals surface area contributed by atoms with Crippen LogP contribution in [0, 0.1) is 0 Å². The predicted octanol–water partition coefficient (Wildman–Crippen LogP) is 0.879. The van der Waals surface area contributed by atoms with Gasteiger partial charge in [0.25, 0.3) is 0 Å². The molecule has 2 aromatic rings. The third-order valence-corrected chi connectivity index (χ3v) is 6.88. The molecule has 1 fully saturated rings. The van der Waals surface area contributed by atoms with E-state index in [1.807, 2.05) is 13.1 Å². The van der Waals surface area contributed by atoms with Crippen LogP contribution in [-0.4, -0.2) is 52.4 Å². The van der Waals surface area contributed by atoms with Crippen LogP contribution in [0.5, 0.6) is 0 Å². The van der Waals surface area contributed by atoms with Gasteiger partial charge in [-0.05, 0) is 31.7 Å². The fourth-order valence-electron chi connectivity index (χ4n) is 3.61. The number of hydrogen-bond donors (Lipinski definition) is 1. The number of H-pyrrole nitrogens is 1. The number of fused-ring (bicyclic) bond motifs is 2. The Morgan fingerprint density at radius 2 is 2.12 bits per heavy atom. The largest absolute Gasteiger partial charge is 0.368 e. The van der Waals surface area contributed by atoms with Crippen molar-refractivity contribution in [1.29, 1.82) is 0 Å². The van der Waals surface area contributed by atoms with Crippen molar-refractivity contribution < 1.29 is 13.2 Å². The van der Waals surface area contributed by atoms with Crippen LogP contribution in [0.4, 0.5) is 0 Å². The van der Waals surface area contributed by atoms with Gasteiger partial charge in [0.15, 0.2) is 0 Å². The maximum absolute atomic E-state index is 12.8. The Morgan fingerprint density at radius 3 is 2.83 bits per heavy atom. The SMILES string of the molecule is CCn1cc(S(=O)(=O)N2CCC3(CC2)OCCc2cn[nH]c23)cn1. The lowest BCUT2D eigenvalue weighted by Crippen LogP contribution is -2.48. The summed E-state index contributed by atoms with van der Waals surface area (Å²) in [6.45, 7) is 4.09. The van der Waals surface area contributed by atoms with Crippen molar-refractivity contribution in [2.24, 2.45) is 0 Å². The molecule has 0 atom stereocenters. The Labute approximate surface area is 140 Å². The summed E-state index contributed by atoms with van der Waals surface area (Å²) in [5.74, 6) is 0. The molecule has 2 aliphatic heterocycles. The van der Waals surface area contributed by atoms with Crippen LogP contribution in [0.2, 0.25) is 0 Å². The minimum absolute atomic E-state index is 0.257. The van der Waals surface area contributed by atoms with Gasteiger partial charge in [0, 0.05) is 25.8 Å². The molecule has 4 heterocycles. The zero-order valence-electron chi connectivity index (χ0n) is 13.6. The number of aryl methyl sites for hydroxylation is 1. The molecule has 130 valence electrons. The minimum atomic E-state index is -3.50. The summed E-state index contributed by atoms with van der Waals surface area (Å²) in [6.07, 6.45) is 6.97. The molecule has 1 N–H and O–H groups in total. The van der Waals surface area contributed by atoms with Crippen molar-refractivity contribution in [3.63, 3.8) is 0 Å². The van der Waals surface area contributed by atoms with Gasteiger partial charge in [0.2, 0.25) is 10.0 Å². The summed E-state index contributed by atoms with van der Waals surface area (Å²) in [4.78, 5) is 0.257. The zero-order valence-corrected chi connectivity index (χ0v) is 14.4. The quantitative estimate of drug-likeness (QED) is 0.886. The summed E-state index contributed by atoms with van der Waals surface area (Å²) >= 11 is 0. The molecular formula is C15H21N5O3S. The number of aromatic amines is 1. The van der Waals surface area contributed by atoms with Crippen molar-refractivity contribution >= 4 is 10.0 Å². The molecule has 0 amide bonds. The van der Waals surface area contributed by atoms with E-state index in [4.69, 9.17) is 4.74 Å². The second-order valence-corrected chi connectivity index (χ2v) is 8.24. The highest BCUT2D eigenvalue weighted by molar-refractivity contribution is 7.89. The number of nitrogens with one attached hydrogen (secondary N) is 1. The van der Waals surface area contributed by atoms with Crippen molar-refractivity contribution in [3.8, 4) is 0 Å². The summed E-state index contributed by atoms with van der Waals surface area (Å²) in [5.41, 5.74) is 1.77. The van der Waals surface area contributed by atoms with E-state index in [2.05, 4.69) is 15.3 Å². The molecule has 0 radical (unpaired) electrons. The van der Waals surface area contributed by atoms with E-state index in [9.17, 15) is 8.42 Å². The molecule has 4 rings (SSSR count). The Balaban J connectivity index is 1.55. The molecule has 0 aliphatic carbocycles. The Hall–Kier alpha value is -1.71. The van der Waals surface area contributed by atoms with Crippen LogP contribution in [0.15, 0.2) is 23.5 Å². The standard InChI is InChI=1S/C15H21N5O3S/c1-2-19-11-13(10-17-19)24(21,22)20-6-4-15(5-7-20)14-12(3-8-23-15)9-16-18-14/h9-11H,2-8H2,1H3,(H,16,18). The molecule has 2 aliphatic rings. The predicted molar refractivity (Wildman–Crippen MR) is 85.8 cm³/mol. The highest BCUT2D eigenvalue weighted by Crippen LogP contribution is 2.41. The molecule has 2 aromatic heterocycles. The maximum Gasteiger partial charge on any atom is 0.246 e. The normalized spacial score (nSPS) is 21.0. The van der Waals surface area contributed by atoms with Crippen molar-refractivity contribution in [1.82, 2.24) is 24.3 Å². The first-order chi connectivity index (χ1) is 11.5. The molecule has 8 nitrogen and oxygen atoms in total. The van der Waals surface area contributed by atoms with Gasteiger partial charge in [0.05, 0.1) is 24.7 Å². The number of hydrogen-bond acceptors (Lipinski definition) is 5. The van der Waals surface area contributed by atoms with E-state index in [1.54, 1.807) is 10.9 Å². The summed E-state index contributed by atoms with van der Waals surface area (Å²) in [6, 6.07) is 0. The monoisotopic (exact) mass is 351 g/mol. The topological polar surface area (TPSA) is 93.1 Å². The van der Waals surface area contributed by atoms with E-state index < -0.39 is 15.6 Å². The van der Waals surface area contributed by atoms with Crippen molar-refractivity contribution in [2.75, 3.05) is 19.7 Å². The number of rotatable bonds is 3. The highest BCUT2D eigenvalue weighted by Gasteiger charge is 2.44. The molecule has 24 heavy (non-hydrogen) atoms. The minimum Gasteiger partial charge on any atom is -0.368 e. The van der Waals surface area contributed by atoms with Crippen LogP contribution in [0.1, 0.15) is 31.0 Å². The van der Waals surface area contributed by atoms with Gasteiger partial charge >= 0.3 is 0 Å². The van der Waals surface area contributed by atoms with Crippen LogP contribution in [0.25, 0.3) is 0 Å². The highest BCUT2D eigenvalue weighted by atomic mass is 32.2. The Bertz CT molecular complexity index is 833. The third kappa shape index (κ3) is 2.38. The van der Waals surface area contributed by atoms with Gasteiger partial charge in [-0.2, -0.15) is 14.5 Å². The lowest BCUT2D eigenvalue weighted by atomic mass is 9.84. The van der Waals surface area contributed by atoms with Gasteiger partial charge in [-0.1, -0.05) is 0 Å². The molecule has 1 spiro atoms. The van der Waals surface area contributed by atoms with E-state index in [0.717, 1.165) is 12.1 Å². The first-order valence-corrected chi connectivity index (χ1v) is 9.68. The average molecular weight is 351 g/mol. The Kier molecular flexibility index (Phi) is 3.74. The molecule has 0 saturated carbocycles. The molecule has 0 aromatic carbocycles. The summed E-state index contributed by atoms with van der Waals surface area (Å²) < 4.78 is 34.8. The van der Waals surface area contributed by atoms with Gasteiger partial charge in [0.1, 0.15) is 10.5 Å². The number of sulfonamides is 1. The smallest absolute Gasteiger partial charge is 0.246 e.